The van der Waals surface area contributed by atoms with Crippen molar-refractivity contribution in [3.63, 3.8) is 0 Å². The molecule has 0 aliphatic carbocycles. The van der Waals surface area contributed by atoms with Crippen LogP contribution in [0.2, 0.25) is 0 Å². The van der Waals surface area contributed by atoms with Crippen LogP contribution in [0.25, 0.3) is 0 Å². The van der Waals surface area contributed by atoms with Crippen LogP contribution < -0.4 is 5.32 Å². The number of ether oxygens (including phenoxy) is 1. The molecule has 0 atom stereocenters. The van der Waals surface area contributed by atoms with E-state index in [0.29, 0.717) is 32.8 Å². The Hall–Kier alpha value is -1.79. The maximum atomic E-state index is 12.0. The van der Waals surface area contributed by atoms with Crippen LogP contribution in [0.1, 0.15) is 26.7 Å². The predicted octanol–water partition coefficient (Wildman–Crippen LogP) is 0.202. The average molecular weight is 297 g/mol. The van der Waals surface area contributed by atoms with Gasteiger partial charge in [0.2, 0.25) is 11.8 Å². The van der Waals surface area contributed by atoms with E-state index in [-0.39, 0.29) is 29.9 Å². The predicted molar refractivity (Wildman–Crippen MR) is 75.5 cm³/mol. The first-order valence-electron chi connectivity index (χ1n) is 7.48. The number of likely N-dealkylation sites (tertiary alicyclic amines) is 2. The number of hydrogen-bond donors (Lipinski definition) is 1. The van der Waals surface area contributed by atoms with E-state index in [0.717, 1.165) is 12.8 Å². The molecule has 2 heterocycles. The summed E-state index contributed by atoms with van der Waals surface area (Å²) in [5.74, 6) is -0.0548. The second kappa shape index (κ2) is 6.78. The maximum Gasteiger partial charge on any atom is 0.409 e. The molecule has 0 aromatic rings. The van der Waals surface area contributed by atoms with Crippen molar-refractivity contribution >= 4 is 17.9 Å². The van der Waals surface area contributed by atoms with Crippen LogP contribution in [-0.4, -0.2) is 66.5 Å². The molecule has 2 aliphatic rings. The van der Waals surface area contributed by atoms with Gasteiger partial charge in [-0.25, -0.2) is 4.79 Å². The number of nitrogens with one attached hydrogen (secondary N) is 1. The van der Waals surface area contributed by atoms with E-state index in [1.54, 1.807) is 16.7 Å². The highest BCUT2D eigenvalue weighted by Gasteiger charge is 2.35. The summed E-state index contributed by atoms with van der Waals surface area (Å²) < 4.78 is 4.96. The summed E-state index contributed by atoms with van der Waals surface area (Å²) in [4.78, 5) is 38.0. The smallest absolute Gasteiger partial charge is 0.409 e. The van der Waals surface area contributed by atoms with Gasteiger partial charge < -0.3 is 19.9 Å². The molecule has 0 spiro atoms. The molecule has 7 nitrogen and oxygen atoms in total. The van der Waals surface area contributed by atoms with Crippen molar-refractivity contribution in [2.24, 2.45) is 5.92 Å². The molecule has 0 bridgehead atoms. The minimum absolute atomic E-state index is 0.0156. The Bertz CT molecular complexity index is 412. The van der Waals surface area contributed by atoms with Crippen LogP contribution in [0.5, 0.6) is 0 Å². The molecular formula is C14H23N3O4. The molecule has 2 fully saturated rings. The van der Waals surface area contributed by atoms with Crippen molar-refractivity contribution in [1.82, 2.24) is 15.1 Å². The summed E-state index contributed by atoms with van der Waals surface area (Å²) >= 11 is 0. The molecule has 2 rings (SSSR count). The van der Waals surface area contributed by atoms with Crippen LogP contribution in [0, 0.1) is 5.92 Å². The molecule has 0 radical (unpaired) electrons. The van der Waals surface area contributed by atoms with Crippen molar-refractivity contribution in [3.05, 3.63) is 0 Å². The normalized spacial score (nSPS) is 19.9. The van der Waals surface area contributed by atoms with Crippen molar-refractivity contribution in [2.45, 2.75) is 32.7 Å². The Morgan fingerprint density at radius 3 is 2.29 bits per heavy atom. The van der Waals surface area contributed by atoms with Crippen LogP contribution in [0.15, 0.2) is 0 Å². The van der Waals surface area contributed by atoms with Gasteiger partial charge in [0.25, 0.3) is 0 Å². The highest BCUT2D eigenvalue weighted by molar-refractivity contribution is 5.83. The first-order valence-corrected chi connectivity index (χ1v) is 7.48. The highest BCUT2D eigenvalue weighted by atomic mass is 16.6. The highest BCUT2D eigenvalue weighted by Crippen LogP contribution is 2.17. The van der Waals surface area contributed by atoms with E-state index in [1.165, 1.54) is 6.92 Å². The monoisotopic (exact) mass is 297 g/mol. The Balaban J connectivity index is 1.68. The van der Waals surface area contributed by atoms with Crippen molar-refractivity contribution in [1.29, 1.82) is 0 Å². The fourth-order valence-corrected chi connectivity index (χ4v) is 2.64. The topological polar surface area (TPSA) is 79.0 Å². The van der Waals surface area contributed by atoms with Gasteiger partial charge >= 0.3 is 6.09 Å². The maximum absolute atomic E-state index is 12.0. The van der Waals surface area contributed by atoms with Gasteiger partial charge in [-0.2, -0.15) is 0 Å². The lowest BCUT2D eigenvalue weighted by atomic mass is 9.97. The summed E-state index contributed by atoms with van der Waals surface area (Å²) in [6, 6.07) is 0.106. The second-order valence-electron chi connectivity index (χ2n) is 5.59. The zero-order valence-corrected chi connectivity index (χ0v) is 12.6. The number of carbonyl (C=O) groups is 3. The minimum atomic E-state index is -0.279. The van der Waals surface area contributed by atoms with E-state index < -0.39 is 0 Å². The van der Waals surface area contributed by atoms with Crippen LogP contribution in [0.4, 0.5) is 4.79 Å². The molecule has 1 N–H and O–H groups in total. The van der Waals surface area contributed by atoms with Gasteiger partial charge in [-0.05, 0) is 19.8 Å². The third kappa shape index (κ3) is 3.86. The summed E-state index contributed by atoms with van der Waals surface area (Å²) in [5, 5.41) is 3.02. The van der Waals surface area contributed by atoms with Crippen LogP contribution in [0.3, 0.4) is 0 Å². The molecule has 2 aliphatic heterocycles. The van der Waals surface area contributed by atoms with Crippen molar-refractivity contribution in [3.8, 4) is 0 Å². The third-order valence-corrected chi connectivity index (χ3v) is 4.07. The summed E-state index contributed by atoms with van der Waals surface area (Å²) in [6.07, 6.45) is 1.21. The number of piperidine rings is 1. The minimum Gasteiger partial charge on any atom is -0.450 e. The summed E-state index contributed by atoms with van der Waals surface area (Å²) in [7, 11) is 0. The van der Waals surface area contributed by atoms with Gasteiger partial charge in [0, 0.05) is 39.1 Å². The lowest BCUT2D eigenvalue weighted by molar-refractivity contribution is -0.141. The van der Waals surface area contributed by atoms with Gasteiger partial charge in [0.15, 0.2) is 0 Å². The molecule has 21 heavy (non-hydrogen) atoms. The Morgan fingerprint density at radius 2 is 1.76 bits per heavy atom. The number of nitrogens with zero attached hydrogens (tertiary/aromatic N) is 2. The van der Waals surface area contributed by atoms with Gasteiger partial charge in [-0.3, -0.25) is 9.59 Å². The molecular weight excluding hydrogens is 274 g/mol. The van der Waals surface area contributed by atoms with Crippen molar-refractivity contribution < 1.29 is 19.1 Å². The van der Waals surface area contributed by atoms with Gasteiger partial charge in [-0.15, -0.1) is 0 Å². The molecule has 0 aromatic heterocycles. The largest absolute Gasteiger partial charge is 0.450 e. The number of carbonyl (C=O) groups excluding carboxylic acids is 3. The molecule has 7 heteroatoms. The quantitative estimate of drug-likeness (QED) is 0.807. The zero-order chi connectivity index (χ0) is 15.4. The molecule has 118 valence electrons. The third-order valence-electron chi connectivity index (χ3n) is 4.07. The zero-order valence-electron chi connectivity index (χ0n) is 12.6. The molecule has 3 amide bonds. The van der Waals surface area contributed by atoms with Gasteiger partial charge in [0.1, 0.15) is 0 Å². The lowest BCUT2D eigenvalue weighted by Crippen LogP contribution is -2.57. The standard InChI is InChI=1S/C14H23N3O4/c1-3-21-14(20)16-6-4-12(5-7-16)15-13(19)11-8-17(9-11)10(2)18/h11-12H,3-9H2,1-2H3,(H,15,19). The second-order valence-corrected chi connectivity index (χ2v) is 5.59. The van der Waals surface area contributed by atoms with Crippen LogP contribution >= 0.6 is 0 Å². The fourth-order valence-electron chi connectivity index (χ4n) is 2.64. The van der Waals surface area contributed by atoms with E-state index in [1.807, 2.05) is 0 Å². The first-order chi connectivity index (χ1) is 10.0. The van der Waals surface area contributed by atoms with E-state index >= 15 is 0 Å². The van der Waals surface area contributed by atoms with Crippen LogP contribution in [-0.2, 0) is 14.3 Å². The Morgan fingerprint density at radius 1 is 1.14 bits per heavy atom. The van der Waals surface area contributed by atoms with E-state index in [2.05, 4.69) is 5.32 Å². The number of amides is 3. The van der Waals surface area contributed by atoms with Gasteiger partial charge in [0.05, 0.1) is 12.5 Å². The average Bonchev–Trinajstić information content (AvgIpc) is 2.37. The molecule has 0 saturated carbocycles. The SMILES string of the molecule is CCOC(=O)N1CCC(NC(=O)C2CN(C(C)=O)C2)CC1. The lowest BCUT2D eigenvalue weighted by Gasteiger charge is -2.39. The number of rotatable bonds is 3. The Labute approximate surface area is 124 Å². The van der Waals surface area contributed by atoms with Gasteiger partial charge in [-0.1, -0.05) is 0 Å². The molecule has 0 unspecified atom stereocenters. The first kappa shape index (κ1) is 15.6. The van der Waals surface area contributed by atoms with E-state index in [4.69, 9.17) is 4.74 Å². The molecule has 2 saturated heterocycles. The Kier molecular flexibility index (Phi) is 5.03. The summed E-state index contributed by atoms with van der Waals surface area (Å²) in [5.41, 5.74) is 0. The number of hydrogen-bond acceptors (Lipinski definition) is 4. The van der Waals surface area contributed by atoms with E-state index in [9.17, 15) is 14.4 Å². The fraction of sp³-hybridized carbons (Fsp3) is 0.786. The summed E-state index contributed by atoms with van der Waals surface area (Å²) in [6.45, 7) is 5.92. The van der Waals surface area contributed by atoms with Crippen molar-refractivity contribution in [2.75, 3.05) is 32.8 Å². The molecule has 0 aromatic carbocycles.